The predicted molar refractivity (Wildman–Crippen MR) is 78.2 cm³/mol. The molecule has 0 heterocycles. The zero-order valence-electron chi connectivity index (χ0n) is 11.4. The van der Waals surface area contributed by atoms with Gasteiger partial charge in [0.1, 0.15) is 6.04 Å². The summed E-state index contributed by atoms with van der Waals surface area (Å²) < 4.78 is 39.8. The highest BCUT2D eigenvalue weighted by Gasteiger charge is 2.41. The maximum absolute atomic E-state index is 13.3. The molecule has 0 spiro atoms. The molecule has 112 valence electrons. The average molecular weight is 314 g/mol. The molecule has 2 atom stereocenters. The van der Waals surface area contributed by atoms with Gasteiger partial charge in [0.2, 0.25) is 0 Å². The fourth-order valence-electron chi connectivity index (χ4n) is 2.12. The Kier molecular flexibility index (Phi) is 4.91. The Morgan fingerprint density at radius 2 is 1.48 bits per heavy atom. The normalized spacial score (nSPS) is 14.7. The topological polar surface area (TPSA) is 12.0 Å². The minimum Gasteiger partial charge on any atom is -0.296 e. The molecule has 2 aromatic rings. The molecule has 0 bridgehead atoms. The Bertz CT molecular complexity index is 566. The van der Waals surface area contributed by atoms with Crippen LogP contribution in [-0.2, 0) is 0 Å². The highest BCUT2D eigenvalue weighted by Crippen LogP contribution is 2.34. The molecule has 1 N–H and O–H groups in total. The quantitative estimate of drug-likeness (QED) is 0.808. The first-order chi connectivity index (χ1) is 9.88. The summed E-state index contributed by atoms with van der Waals surface area (Å²) in [4.78, 5) is 0. The van der Waals surface area contributed by atoms with Gasteiger partial charge >= 0.3 is 6.18 Å². The fourth-order valence-corrected chi connectivity index (χ4v) is 2.25. The Balaban J connectivity index is 2.21. The first-order valence-electron chi connectivity index (χ1n) is 6.51. The Hall–Kier alpha value is -1.52. The molecule has 0 aliphatic heterocycles. The van der Waals surface area contributed by atoms with Crippen molar-refractivity contribution in [3.05, 3.63) is 70.7 Å². The summed E-state index contributed by atoms with van der Waals surface area (Å²) in [7, 11) is 0. The van der Waals surface area contributed by atoms with Crippen molar-refractivity contribution >= 4 is 11.6 Å². The molecule has 2 aromatic carbocycles. The zero-order valence-corrected chi connectivity index (χ0v) is 12.1. The third-order valence-corrected chi connectivity index (χ3v) is 3.50. The van der Waals surface area contributed by atoms with Crippen LogP contribution >= 0.6 is 11.6 Å². The van der Waals surface area contributed by atoms with E-state index >= 15 is 0 Å². The van der Waals surface area contributed by atoms with Crippen molar-refractivity contribution in [2.75, 3.05) is 0 Å². The van der Waals surface area contributed by atoms with Gasteiger partial charge in [-0.2, -0.15) is 13.2 Å². The number of benzene rings is 2. The van der Waals surface area contributed by atoms with Crippen molar-refractivity contribution in [2.24, 2.45) is 0 Å². The van der Waals surface area contributed by atoms with Gasteiger partial charge in [0.25, 0.3) is 0 Å². The van der Waals surface area contributed by atoms with Gasteiger partial charge in [0.15, 0.2) is 0 Å². The van der Waals surface area contributed by atoms with Gasteiger partial charge in [0.05, 0.1) is 0 Å². The second-order valence-corrected chi connectivity index (χ2v) is 5.26. The summed E-state index contributed by atoms with van der Waals surface area (Å²) >= 11 is 5.79. The van der Waals surface area contributed by atoms with Gasteiger partial charge < -0.3 is 0 Å². The molecular formula is C16H15ClF3N. The van der Waals surface area contributed by atoms with Crippen molar-refractivity contribution in [3.63, 3.8) is 0 Å². The summed E-state index contributed by atoms with van der Waals surface area (Å²) in [6, 6.07) is 12.5. The van der Waals surface area contributed by atoms with E-state index < -0.39 is 18.3 Å². The van der Waals surface area contributed by atoms with Crippen LogP contribution in [0, 0.1) is 0 Å². The average Bonchev–Trinajstić information content (AvgIpc) is 2.45. The minimum atomic E-state index is -4.36. The number of halogens is 4. The highest BCUT2D eigenvalue weighted by atomic mass is 35.5. The van der Waals surface area contributed by atoms with Gasteiger partial charge in [-0.1, -0.05) is 54.1 Å². The lowest BCUT2D eigenvalue weighted by atomic mass is 10.0. The molecule has 2 unspecified atom stereocenters. The Morgan fingerprint density at radius 3 is 2.00 bits per heavy atom. The van der Waals surface area contributed by atoms with Gasteiger partial charge in [-0.15, -0.1) is 0 Å². The molecule has 0 saturated heterocycles. The van der Waals surface area contributed by atoms with Crippen LogP contribution in [0.4, 0.5) is 13.2 Å². The van der Waals surface area contributed by atoms with Crippen molar-refractivity contribution < 1.29 is 13.2 Å². The molecular weight excluding hydrogens is 299 g/mol. The molecule has 0 aromatic heterocycles. The maximum Gasteiger partial charge on any atom is 0.407 e. The van der Waals surface area contributed by atoms with E-state index in [2.05, 4.69) is 5.32 Å². The van der Waals surface area contributed by atoms with Crippen molar-refractivity contribution in [2.45, 2.75) is 25.2 Å². The second kappa shape index (κ2) is 6.50. The summed E-state index contributed by atoms with van der Waals surface area (Å²) in [5.74, 6) is 0. The van der Waals surface area contributed by atoms with E-state index in [1.54, 1.807) is 49.4 Å². The molecule has 5 heteroatoms. The van der Waals surface area contributed by atoms with E-state index in [4.69, 9.17) is 11.6 Å². The zero-order chi connectivity index (χ0) is 15.5. The van der Waals surface area contributed by atoms with Crippen molar-refractivity contribution in [1.29, 1.82) is 0 Å². The fraction of sp³-hybridized carbons (Fsp3) is 0.250. The first-order valence-corrected chi connectivity index (χ1v) is 6.89. The van der Waals surface area contributed by atoms with Crippen LogP contribution < -0.4 is 5.32 Å². The van der Waals surface area contributed by atoms with E-state index in [1.165, 1.54) is 12.1 Å². The van der Waals surface area contributed by atoms with Crippen molar-refractivity contribution in [1.82, 2.24) is 5.32 Å². The van der Waals surface area contributed by atoms with E-state index in [0.29, 0.717) is 5.02 Å². The lowest BCUT2D eigenvalue weighted by molar-refractivity contribution is -0.159. The largest absolute Gasteiger partial charge is 0.407 e. The van der Waals surface area contributed by atoms with E-state index in [-0.39, 0.29) is 5.56 Å². The molecule has 2 rings (SSSR count). The van der Waals surface area contributed by atoms with Crippen LogP contribution in [0.1, 0.15) is 30.1 Å². The highest BCUT2D eigenvalue weighted by molar-refractivity contribution is 6.30. The molecule has 0 radical (unpaired) electrons. The lowest BCUT2D eigenvalue weighted by Crippen LogP contribution is -2.35. The minimum absolute atomic E-state index is 0.200. The third kappa shape index (κ3) is 4.22. The van der Waals surface area contributed by atoms with E-state index in [9.17, 15) is 13.2 Å². The molecule has 0 amide bonds. The summed E-state index contributed by atoms with van der Waals surface area (Å²) in [5.41, 5.74) is 0.954. The first kappa shape index (κ1) is 15.9. The van der Waals surface area contributed by atoms with Gasteiger partial charge in [-0.3, -0.25) is 5.32 Å². The van der Waals surface area contributed by atoms with Crippen LogP contribution in [0.3, 0.4) is 0 Å². The predicted octanol–water partition coefficient (Wildman–Crippen LogP) is 5.29. The lowest BCUT2D eigenvalue weighted by Gasteiger charge is -2.26. The van der Waals surface area contributed by atoms with Crippen LogP contribution in [-0.4, -0.2) is 6.18 Å². The molecule has 1 nitrogen and oxygen atoms in total. The smallest absolute Gasteiger partial charge is 0.296 e. The number of hydrogen-bond acceptors (Lipinski definition) is 1. The molecule has 0 aliphatic rings. The van der Waals surface area contributed by atoms with E-state index in [0.717, 1.165) is 5.56 Å². The molecule has 0 saturated carbocycles. The van der Waals surface area contributed by atoms with Gasteiger partial charge in [0, 0.05) is 11.1 Å². The molecule has 21 heavy (non-hydrogen) atoms. The Labute approximate surface area is 126 Å². The number of nitrogens with one attached hydrogen (secondary N) is 1. The van der Waals surface area contributed by atoms with Crippen LogP contribution in [0.5, 0.6) is 0 Å². The number of alkyl halides is 3. The second-order valence-electron chi connectivity index (χ2n) is 4.83. The SMILES string of the molecule is CC(NC(c1ccccc1)C(F)(F)F)c1ccc(Cl)cc1. The summed E-state index contributed by atoms with van der Waals surface area (Å²) in [6.07, 6.45) is -4.36. The van der Waals surface area contributed by atoms with Crippen LogP contribution in [0.2, 0.25) is 5.02 Å². The summed E-state index contributed by atoms with van der Waals surface area (Å²) in [6.45, 7) is 1.70. The van der Waals surface area contributed by atoms with Crippen molar-refractivity contribution in [3.8, 4) is 0 Å². The standard InChI is InChI=1S/C16H15ClF3N/c1-11(12-7-9-14(17)10-8-12)21-15(16(18,19)20)13-5-3-2-4-6-13/h2-11,15,21H,1H3. The number of hydrogen-bond donors (Lipinski definition) is 1. The molecule has 0 fully saturated rings. The monoisotopic (exact) mass is 313 g/mol. The van der Waals surface area contributed by atoms with Gasteiger partial charge in [-0.25, -0.2) is 0 Å². The van der Waals surface area contributed by atoms with Crippen LogP contribution in [0.15, 0.2) is 54.6 Å². The molecule has 0 aliphatic carbocycles. The summed E-state index contributed by atoms with van der Waals surface area (Å²) in [5, 5.41) is 3.20. The van der Waals surface area contributed by atoms with E-state index in [1.807, 2.05) is 0 Å². The third-order valence-electron chi connectivity index (χ3n) is 3.25. The van der Waals surface area contributed by atoms with Crippen LogP contribution in [0.25, 0.3) is 0 Å². The van der Waals surface area contributed by atoms with Gasteiger partial charge in [-0.05, 0) is 30.2 Å². The maximum atomic E-state index is 13.3. The number of rotatable bonds is 4. The Morgan fingerprint density at radius 1 is 0.905 bits per heavy atom.